The molecule has 0 aromatic heterocycles. The molecule has 116 valence electrons. The number of hydrogen-bond donors (Lipinski definition) is 5. The Morgan fingerprint density at radius 1 is 1.30 bits per heavy atom. The SMILES string of the molecule is CCNS(=O)(=O)CCNC(=O)N[C@H](CC(N)=O)C(=O)O. The maximum Gasteiger partial charge on any atom is 0.326 e. The van der Waals surface area contributed by atoms with Crippen LogP contribution in [0.5, 0.6) is 0 Å². The summed E-state index contributed by atoms with van der Waals surface area (Å²) in [5.74, 6) is -2.64. The van der Waals surface area contributed by atoms with Crippen LogP contribution in [0, 0.1) is 0 Å². The van der Waals surface area contributed by atoms with E-state index in [2.05, 4.69) is 10.0 Å². The van der Waals surface area contributed by atoms with Crippen molar-refractivity contribution in [2.75, 3.05) is 18.8 Å². The highest BCUT2D eigenvalue weighted by Gasteiger charge is 2.22. The molecule has 0 bridgehead atoms. The summed E-state index contributed by atoms with van der Waals surface area (Å²) >= 11 is 0. The smallest absolute Gasteiger partial charge is 0.326 e. The van der Waals surface area contributed by atoms with Gasteiger partial charge in [-0.2, -0.15) is 0 Å². The second-order valence-electron chi connectivity index (χ2n) is 3.78. The molecule has 0 unspecified atom stereocenters. The van der Waals surface area contributed by atoms with Crippen molar-refractivity contribution >= 4 is 27.9 Å². The molecule has 0 aliphatic heterocycles. The predicted molar refractivity (Wildman–Crippen MR) is 69.2 cm³/mol. The molecular weight excluding hydrogens is 292 g/mol. The van der Waals surface area contributed by atoms with Crippen molar-refractivity contribution in [2.24, 2.45) is 5.73 Å². The number of nitrogens with two attached hydrogens (primary N) is 1. The van der Waals surface area contributed by atoms with Crippen molar-refractivity contribution in [2.45, 2.75) is 19.4 Å². The molecule has 0 rings (SSSR count). The minimum Gasteiger partial charge on any atom is -0.480 e. The number of carboxylic acids is 1. The van der Waals surface area contributed by atoms with E-state index in [0.717, 1.165) is 0 Å². The third-order valence-corrected chi connectivity index (χ3v) is 3.50. The predicted octanol–water partition coefficient (Wildman–Crippen LogP) is -2.45. The zero-order valence-corrected chi connectivity index (χ0v) is 11.7. The van der Waals surface area contributed by atoms with Crippen LogP contribution >= 0.6 is 0 Å². The first-order valence-corrected chi connectivity index (χ1v) is 7.36. The molecule has 0 aromatic carbocycles. The standard InChI is InChI=1S/C9H18N4O6S/c1-2-12-20(18,19)4-3-11-9(17)13-6(8(15)16)5-7(10)14/h6,12H,2-5H2,1H3,(H2,10,14)(H,15,16)(H2,11,13,17)/t6-/m1/s1. The van der Waals surface area contributed by atoms with E-state index in [1.165, 1.54) is 0 Å². The van der Waals surface area contributed by atoms with E-state index < -0.39 is 40.4 Å². The molecule has 0 aromatic rings. The number of carboxylic acid groups (broad SMARTS) is 1. The Morgan fingerprint density at radius 3 is 2.35 bits per heavy atom. The molecule has 10 nitrogen and oxygen atoms in total. The van der Waals surface area contributed by atoms with Crippen LogP contribution in [-0.2, 0) is 19.6 Å². The zero-order chi connectivity index (χ0) is 15.8. The van der Waals surface area contributed by atoms with E-state index in [9.17, 15) is 22.8 Å². The van der Waals surface area contributed by atoms with Crippen LogP contribution in [0.4, 0.5) is 4.79 Å². The lowest BCUT2D eigenvalue weighted by molar-refractivity contribution is -0.140. The first-order valence-electron chi connectivity index (χ1n) is 5.70. The minimum atomic E-state index is -3.47. The van der Waals surface area contributed by atoms with Gasteiger partial charge >= 0.3 is 12.0 Å². The summed E-state index contributed by atoms with van der Waals surface area (Å²) in [5.41, 5.74) is 4.84. The van der Waals surface area contributed by atoms with Gasteiger partial charge in [-0.05, 0) is 0 Å². The van der Waals surface area contributed by atoms with Crippen LogP contribution in [0.25, 0.3) is 0 Å². The Kier molecular flexibility index (Phi) is 7.54. The Morgan fingerprint density at radius 2 is 1.90 bits per heavy atom. The third kappa shape index (κ3) is 8.26. The normalized spacial score (nSPS) is 12.4. The minimum absolute atomic E-state index is 0.204. The van der Waals surface area contributed by atoms with E-state index in [4.69, 9.17) is 10.8 Å². The largest absolute Gasteiger partial charge is 0.480 e. The first-order chi connectivity index (χ1) is 9.18. The summed E-state index contributed by atoms with van der Waals surface area (Å²) < 4.78 is 24.7. The second kappa shape index (κ2) is 8.32. The molecule has 0 saturated carbocycles. The molecular formula is C9H18N4O6S. The van der Waals surface area contributed by atoms with Crippen molar-refractivity contribution in [3.8, 4) is 0 Å². The highest BCUT2D eigenvalue weighted by molar-refractivity contribution is 7.89. The van der Waals surface area contributed by atoms with E-state index in [-0.39, 0.29) is 18.8 Å². The number of hydrogen-bond acceptors (Lipinski definition) is 5. The second-order valence-corrected chi connectivity index (χ2v) is 5.70. The van der Waals surface area contributed by atoms with Gasteiger partial charge in [-0.15, -0.1) is 0 Å². The average Bonchev–Trinajstić information content (AvgIpc) is 2.26. The third-order valence-electron chi connectivity index (χ3n) is 2.03. The molecule has 0 heterocycles. The van der Waals surface area contributed by atoms with Gasteiger partial charge in [-0.1, -0.05) is 6.92 Å². The van der Waals surface area contributed by atoms with E-state index in [1.807, 2.05) is 5.32 Å². The van der Waals surface area contributed by atoms with Gasteiger partial charge in [0.25, 0.3) is 0 Å². The number of nitrogens with one attached hydrogen (secondary N) is 3. The maximum atomic E-state index is 11.3. The summed E-state index contributed by atoms with van der Waals surface area (Å²) in [6, 6.07) is -2.36. The van der Waals surface area contributed by atoms with Gasteiger partial charge < -0.3 is 21.5 Å². The van der Waals surface area contributed by atoms with Crippen LogP contribution < -0.4 is 21.1 Å². The van der Waals surface area contributed by atoms with Crippen LogP contribution in [0.15, 0.2) is 0 Å². The first kappa shape index (κ1) is 18.1. The summed E-state index contributed by atoms with van der Waals surface area (Å²) in [5, 5.41) is 12.9. The summed E-state index contributed by atoms with van der Waals surface area (Å²) in [6.45, 7) is 1.64. The Balaban J connectivity index is 4.21. The fourth-order valence-corrected chi connectivity index (χ4v) is 2.16. The zero-order valence-electron chi connectivity index (χ0n) is 10.9. The molecule has 0 aliphatic carbocycles. The molecule has 3 amide bonds. The van der Waals surface area contributed by atoms with Crippen molar-refractivity contribution in [3.05, 3.63) is 0 Å². The number of amides is 3. The van der Waals surface area contributed by atoms with E-state index >= 15 is 0 Å². The van der Waals surface area contributed by atoms with E-state index in [0.29, 0.717) is 0 Å². The van der Waals surface area contributed by atoms with Crippen LogP contribution in [0.2, 0.25) is 0 Å². The number of aliphatic carboxylic acids is 1. The molecule has 6 N–H and O–H groups in total. The fourth-order valence-electron chi connectivity index (χ4n) is 1.20. The van der Waals surface area contributed by atoms with Crippen molar-refractivity contribution in [1.82, 2.24) is 15.4 Å². The van der Waals surface area contributed by atoms with Crippen LogP contribution in [0.1, 0.15) is 13.3 Å². The molecule has 0 radical (unpaired) electrons. The van der Waals surface area contributed by atoms with Gasteiger partial charge in [-0.3, -0.25) is 4.79 Å². The quantitative estimate of drug-likeness (QED) is 0.317. The Bertz CT molecular complexity index is 463. The number of carbonyl (C=O) groups is 3. The van der Waals surface area contributed by atoms with Crippen LogP contribution in [-0.4, -0.2) is 56.3 Å². The molecule has 20 heavy (non-hydrogen) atoms. The van der Waals surface area contributed by atoms with Crippen LogP contribution in [0.3, 0.4) is 0 Å². The Hall–Kier alpha value is -1.88. The summed E-state index contributed by atoms with van der Waals surface area (Å²) in [7, 11) is -3.47. The van der Waals surface area contributed by atoms with Crippen molar-refractivity contribution < 1.29 is 27.9 Å². The lowest BCUT2D eigenvalue weighted by Crippen LogP contribution is -2.48. The van der Waals surface area contributed by atoms with Gasteiger partial charge in [0.15, 0.2) is 0 Å². The topological polar surface area (TPSA) is 168 Å². The number of sulfonamides is 1. The van der Waals surface area contributed by atoms with Gasteiger partial charge in [-0.25, -0.2) is 22.7 Å². The molecule has 0 spiro atoms. The number of primary amides is 1. The number of carbonyl (C=O) groups excluding carboxylic acids is 2. The van der Waals surface area contributed by atoms with Gasteiger partial charge in [0.2, 0.25) is 15.9 Å². The summed E-state index contributed by atoms with van der Waals surface area (Å²) in [6.07, 6.45) is -0.557. The van der Waals surface area contributed by atoms with Gasteiger partial charge in [0.05, 0.1) is 12.2 Å². The van der Waals surface area contributed by atoms with Crippen molar-refractivity contribution in [3.63, 3.8) is 0 Å². The molecule has 11 heteroatoms. The number of urea groups is 1. The Labute approximate surface area is 116 Å². The lowest BCUT2D eigenvalue weighted by atomic mass is 10.2. The monoisotopic (exact) mass is 310 g/mol. The summed E-state index contributed by atoms with van der Waals surface area (Å²) in [4.78, 5) is 32.7. The van der Waals surface area contributed by atoms with Gasteiger partial charge in [0.1, 0.15) is 6.04 Å². The lowest BCUT2D eigenvalue weighted by Gasteiger charge is -2.13. The number of rotatable bonds is 9. The fraction of sp³-hybridized carbons (Fsp3) is 0.667. The molecule has 1 atom stereocenters. The average molecular weight is 310 g/mol. The highest BCUT2D eigenvalue weighted by Crippen LogP contribution is 1.91. The molecule has 0 aliphatic rings. The van der Waals surface area contributed by atoms with Gasteiger partial charge in [0, 0.05) is 13.1 Å². The maximum absolute atomic E-state index is 11.3. The molecule has 0 saturated heterocycles. The highest BCUT2D eigenvalue weighted by atomic mass is 32.2. The van der Waals surface area contributed by atoms with Crippen molar-refractivity contribution in [1.29, 1.82) is 0 Å². The van der Waals surface area contributed by atoms with E-state index in [1.54, 1.807) is 6.92 Å². The molecule has 0 fully saturated rings.